The van der Waals surface area contributed by atoms with E-state index >= 15 is 0 Å². The molecule has 0 N–H and O–H groups in total. The summed E-state index contributed by atoms with van der Waals surface area (Å²) in [6, 6.07) is 10.2. The number of methoxy groups -OCH3 is 1. The Bertz CT molecular complexity index is 718. The van der Waals surface area contributed by atoms with E-state index in [4.69, 9.17) is 4.74 Å². The highest BCUT2D eigenvalue weighted by Crippen LogP contribution is 2.28. The standard InChI is InChI=1S/C17H21N5O/c1-3-13-8-6-7-11-21(13)17-14(12-18)19-22(20-17)15-9-4-5-10-16(15)23-2/h4-5,9-10,13H,3,6-8,11H2,1-2H3. The number of hydrogen-bond acceptors (Lipinski definition) is 5. The minimum atomic E-state index is 0.372. The molecule has 1 atom stereocenters. The van der Waals surface area contributed by atoms with E-state index in [1.807, 2.05) is 24.3 Å². The zero-order valence-corrected chi connectivity index (χ0v) is 13.6. The number of aromatic nitrogens is 3. The number of ether oxygens (including phenoxy) is 1. The first kappa shape index (κ1) is 15.3. The lowest BCUT2D eigenvalue weighted by Gasteiger charge is -2.35. The molecule has 1 aliphatic heterocycles. The molecule has 6 nitrogen and oxygen atoms in total. The third kappa shape index (κ3) is 2.87. The summed E-state index contributed by atoms with van der Waals surface area (Å²) < 4.78 is 5.37. The summed E-state index contributed by atoms with van der Waals surface area (Å²) in [5.41, 5.74) is 1.11. The molecule has 1 aliphatic rings. The van der Waals surface area contributed by atoms with Crippen LogP contribution in [-0.4, -0.2) is 34.7 Å². The third-order valence-corrected chi connectivity index (χ3v) is 4.37. The van der Waals surface area contributed by atoms with Gasteiger partial charge in [0.25, 0.3) is 0 Å². The monoisotopic (exact) mass is 311 g/mol. The molecule has 23 heavy (non-hydrogen) atoms. The van der Waals surface area contributed by atoms with Crippen molar-refractivity contribution in [2.45, 2.75) is 38.6 Å². The van der Waals surface area contributed by atoms with Gasteiger partial charge in [-0.05, 0) is 37.8 Å². The Balaban J connectivity index is 2.03. The minimum Gasteiger partial charge on any atom is -0.494 e. The molecule has 1 saturated heterocycles. The SMILES string of the molecule is CCC1CCCCN1c1nn(-c2ccccc2OC)nc1C#N. The van der Waals surface area contributed by atoms with E-state index in [0.717, 1.165) is 31.5 Å². The first-order valence-corrected chi connectivity index (χ1v) is 8.06. The van der Waals surface area contributed by atoms with Gasteiger partial charge in [-0.2, -0.15) is 5.26 Å². The van der Waals surface area contributed by atoms with Crippen LogP contribution < -0.4 is 9.64 Å². The van der Waals surface area contributed by atoms with Crippen LogP contribution in [0.1, 0.15) is 38.3 Å². The average molecular weight is 311 g/mol. The number of rotatable bonds is 4. The number of anilines is 1. The quantitative estimate of drug-likeness (QED) is 0.868. The van der Waals surface area contributed by atoms with Gasteiger partial charge in [-0.3, -0.25) is 0 Å². The van der Waals surface area contributed by atoms with Crippen LogP contribution in [0.3, 0.4) is 0 Å². The predicted molar refractivity (Wildman–Crippen MR) is 87.9 cm³/mol. The highest BCUT2D eigenvalue weighted by atomic mass is 16.5. The zero-order chi connectivity index (χ0) is 16.2. The lowest BCUT2D eigenvalue weighted by Crippen LogP contribution is -2.39. The molecule has 0 radical (unpaired) electrons. The molecule has 6 heteroatoms. The average Bonchev–Trinajstić information content (AvgIpc) is 3.05. The Morgan fingerprint density at radius 3 is 2.87 bits per heavy atom. The van der Waals surface area contributed by atoms with Gasteiger partial charge in [0.15, 0.2) is 5.82 Å². The second kappa shape index (κ2) is 6.69. The van der Waals surface area contributed by atoms with Gasteiger partial charge in [0.05, 0.1) is 7.11 Å². The fourth-order valence-electron chi connectivity index (χ4n) is 3.17. The fourth-order valence-corrected chi connectivity index (χ4v) is 3.17. The van der Waals surface area contributed by atoms with Crippen LogP contribution in [0, 0.1) is 11.3 Å². The Kier molecular flexibility index (Phi) is 4.47. The van der Waals surface area contributed by atoms with Crippen molar-refractivity contribution in [3.05, 3.63) is 30.0 Å². The molecule has 2 aromatic rings. The predicted octanol–water partition coefficient (Wildman–Crippen LogP) is 2.92. The number of nitriles is 1. The van der Waals surface area contributed by atoms with Crippen LogP contribution in [0.15, 0.2) is 24.3 Å². The van der Waals surface area contributed by atoms with E-state index in [0.29, 0.717) is 23.3 Å². The number of hydrogen-bond donors (Lipinski definition) is 0. The van der Waals surface area contributed by atoms with Crippen LogP contribution in [0.25, 0.3) is 5.69 Å². The highest BCUT2D eigenvalue weighted by Gasteiger charge is 2.27. The molecule has 120 valence electrons. The molecule has 0 aliphatic carbocycles. The fraction of sp³-hybridized carbons (Fsp3) is 0.471. The van der Waals surface area contributed by atoms with Crippen molar-refractivity contribution in [3.8, 4) is 17.5 Å². The summed E-state index contributed by atoms with van der Waals surface area (Å²) >= 11 is 0. The molecule has 1 aromatic heterocycles. The van der Waals surface area contributed by atoms with Gasteiger partial charge in [0.2, 0.25) is 5.69 Å². The smallest absolute Gasteiger partial charge is 0.207 e. The molecule has 0 bridgehead atoms. The van der Waals surface area contributed by atoms with Crippen LogP contribution in [0.5, 0.6) is 5.75 Å². The molecular weight excluding hydrogens is 290 g/mol. The molecule has 0 amide bonds. The summed E-state index contributed by atoms with van der Waals surface area (Å²) in [5, 5.41) is 18.5. The van der Waals surface area contributed by atoms with Gasteiger partial charge in [0, 0.05) is 12.6 Å². The van der Waals surface area contributed by atoms with Gasteiger partial charge in [0.1, 0.15) is 17.5 Å². The van der Waals surface area contributed by atoms with Crippen molar-refractivity contribution in [2.24, 2.45) is 0 Å². The van der Waals surface area contributed by atoms with E-state index in [-0.39, 0.29) is 0 Å². The van der Waals surface area contributed by atoms with Crippen LogP contribution in [0.4, 0.5) is 5.82 Å². The maximum absolute atomic E-state index is 9.47. The number of piperidine rings is 1. The molecule has 3 rings (SSSR count). The zero-order valence-electron chi connectivity index (χ0n) is 13.6. The van der Waals surface area contributed by atoms with Crippen molar-refractivity contribution >= 4 is 5.82 Å². The van der Waals surface area contributed by atoms with E-state index in [1.165, 1.54) is 11.2 Å². The lowest BCUT2D eigenvalue weighted by atomic mass is 10.00. The van der Waals surface area contributed by atoms with E-state index < -0.39 is 0 Å². The molecule has 1 unspecified atom stereocenters. The molecule has 1 fully saturated rings. The molecule has 0 saturated carbocycles. The summed E-state index contributed by atoms with van der Waals surface area (Å²) in [6.45, 7) is 3.11. The summed E-state index contributed by atoms with van der Waals surface area (Å²) in [4.78, 5) is 3.75. The van der Waals surface area contributed by atoms with Gasteiger partial charge in [-0.25, -0.2) is 0 Å². The summed E-state index contributed by atoms with van der Waals surface area (Å²) in [7, 11) is 1.62. The van der Waals surface area contributed by atoms with Crippen LogP contribution in [0.2, 0.25) is 0 Å². The van der Waals surface area contributed by atoms with Crippen molar-refractivity contribution < 1.29 is 4.74 Å². The number of para-hydroxylation sites is 2. The second-order valence-electron chi connectivity index (χ2n) is 5.70. The molecule has 2 heterocycles. The van der Waals surface area contributed by atoms with Crippen LogP contribution in [-0.2, 0) is 0 Å². The van der Waals surface area contributed by atoms with Gasteiger partial charge < -0.3 is 9.64 Å². The van der Waals surface area contributed by atoms with E-state index in [9.17, 15) is 5.26 Å². The number of benzene rings is 1. The topological polar surface area (TPSA) is 67.0 Å². The molecule has 0 spiro atoms. The Hall–Kier alpha value is -2.55. The largest absolute Gasteiger partial charge is 0.494 e. The molecular formula is C17H21N5O. The Morgan fingerprint density at radius 1 is 1.30 bits per heavy atom. The first-order valence-electron chi connectivity index (χ1n) is 8.06. The van der Waals surface area contributed by atoms with Crippen LogP contribution >= 0.6 is 0 Å². The summed E-state index contributed by atoms with van der Waals surface area (Å²) in [6.07, 6.45) is 4.55. The van der Waals surface area contributed by atoms with E-state index in [2.05, 4.69) is 28.1 Å². The second-order valence-corrected chi connectivity index (χ2v) is 5.70. The maximum Gasteiger partial charge on any atom is 0.207 e. The van der Waals surface area contributed by atoms with Crippen molar-refractivity contribution in [1.29, 1.82) is 5.26 Å². The normalized spacial score (nSPS) is 17.8. The third-order valence-electron chi connectivity index (χ3n) is 4.37. The Labute approximate surface area is 136 Å². The van der Waals surface area contributed by atoms with Gasteiger partial charge in [-0.1, -0.05) is 19.1 Å². The van der Waals surface area contributed by atoms with Crippen molar-refractivity contribution in [3.63, 3.8) is 0 Å². The van der Waals surface area contributed by atoms with E-state index in [1.54, 1.807) is 7.11 Å². The molecule has 1 aromatic carbocycles. The van der Waals surface area contributed by atoms with Crippen molar-refractivity contribution in [1.82, 2.24) is 15.0 Å². The maximum atomic E-state index is 9.47. The lowest BCUT2D eigenvalue weighted by molar-refractivity contribution is 0.409. The Morgan fingerprint density at radius 2 is 2.13 bits per heavy atom. The van der Waals surface area contributed by atoms with Gasteiger partial charge in [-0.15, -0.1) is 15.0 Å². The minimum absolute atomic E-state index is 0.372. The first-order chi connectivity index (χ1) is 11.3. The number of nitrogens with zero attached hydrogens (tertiary/aromatic N) is 5. The summed E-state index contributed by atoms with van der Waals surface area (Å²) in [5.74, 6) is 1.37. The van der Waals surface area contributed by atoms with Crippen molar-refractivity contribution in [2.75, 3.05) is 18.6 Å². The highest BCUT2D eigenvalue weighted by molar-refractivity contribution is 5.53. The van der Waals surface area contributed by atoms with Gasteiger partial charge >= 0.3 is 0 Å².